The molecule has 3 rings (SSSR count). The highest BCUT2D eigenvalue weighted by atomic mass is 32.1. The summed E-state index contributed by atoms with van der Waals surface area (Å²) in [6.07, 6.45) is 0. The number of benzene rings is 2. The Balaban J connectivity index is 1.97. The average Bonchev–Trinajstić information content (AvgIpc) is 2.97. The number of hydrogen-bond donors (Lipinski definition) is 1. The van der Waals surface area contributed by atoms with E-state index in [0.717, 1.165) is 21.8 Å². The molecule has 100 valence electrons. The SMILES string of the molecule is Cc1cccc(-c2nc(-c3cccc(CN)c3)cs2)c1. The summed E-state index contributed by atoms with van der Waals surface area (Å²) in [5.74, 6) is 0. The molecule has 0 amide bonds. The topological polar surface area (TPSA) is 38.9 Å². The van der Waals surface area contributed by atoms with Gasteiger partial charge in [0.1, 0.15) is 5.01 Å². The number of aromatic nitrogens is 1. The van der Waals surface area contributed by atoms with E-state index in [0.29, 0.717) is 6.54 Å². The van der Waals surface area contributed by atoms with Crippen molar-refractivity contribution < 1.29 is 0 Å². The molecule has 2 aromatic carbocycles. The first kappa shape index (κ1) is 13.0. The van der Waals surface area contributed by atoms with Crippen LogP contribution in [0.4, 0.5) is 0 Å². The van der Waals surface area contributed by atoms with Gasteiger partial charge in [0, 0.05) is 23.1 Å². The highest BCUT2D eigenvalue weighted by Gasteiger charge is 2.07. The summed E-state index contributed by atoms with van der Waals surface area (Å²) in [4.78, 5) is 4.74. The van der Waals surface area contributed by atoms with Crippen LogP contribution in [0.25, 0.3) is 21.8 Å². The van der Waals surface area contributed by atoms with Gasteiger partial charge in [0.2, 0.25) is 0 Å². The summed E-state index contributed by atoms with van der Waals surface area (Å²) in [7, 11) is 0. The number of nitrogens with two attached hydrogens (primary N) is 1. The van der Waals surface area contributed by atoms with Gasteiger partial charge in [-0.15, -0.1) is 11.3 Å². The van der Waals surface area contributed by atoms with Crippen LogP contribution < -0.4 is 5.73 Å². The molecule has 0 atom stereocenters. The van der Waals surface area contributed by atoms with Crippen molar-refractivity contribution in [3.8, 4) is 21.8 Å². The maximum Gasteiger partial charge on any atom is 0.124 e. The van der Waals surface area contributed by atoms with Crippen molar-refractivity contribution in [1.82, 2.24) is 4.98 Å². The molecular formula is C17H16N2S. The summed E-state index contributed by atoms with van der Waals surface area (Å²) >= 11 is 1.68. The molecule has 0 bridgehead atoms. The van der Waals surface area contributed by atoms with E-state index in [1.807, 2.05) is 12.1 Å². The van der Waals surface area contributed by atoms with Crippen LogP contribution in [-0.2, 0) is 6.54 Å². The Kier molecular flexibility index (Phi) is 3.63. The summed E-state index contributed by atoms with van der Waals surface area (Å²) in [6.45, 7) is 2.66. The largest absolute Gasteiger partial charge is 0.326 e. The fraction of sp³-hybridized carbons (Fsp3) is 0.118. The molecule has 0 aliphatic carbocycles. The summed E-state index contributed by atoms with van der Waals surface area (Å²) in [6, 6.07) is 16.7. The molecule has 2 nitrogen and oxygen atoms in total. The molecular weight excluding hydrogens is 264 g/mol. The predicted octanol–water partition coefficient (Wildman–Crippen LogP) is 4.24. The fourth-order valence-corrected chi connectivity index (χ4v) is 3.00. The average molecular weight is 280 g/mol. The minimum Gasteiger partial charge on any atom is -0.326 e. The van der Waals surface area contributed by atoms with Crippen molar-refractivity contribution >= 4 is 11.3 Å². The zero-order valence-electron chi connectivity index (χ0n) is 11.3. The molecule has 0 aliphatic heterocycles. The smallest absolute Gasteiger partial charge is 0.124 e. The Labute approximate surface area is 122 Å². The van der Waals surface area contributed by atoms with Gasteiger partial charge < -0.3 is 5.73 Å². The van der Waals surface area contributed by atoms with Crippen molar-refractivity contribution in [2.45, 2.75) is 13.5 Å². The maximum absolute atomic E-state index is 5.69. The Bertz CT molecular complexity index is 731. The standard InChI is InChI=1S/C17H16N2S/c1-12-4-2-7-15(8-12)17-19-16(11-20-17)14-6-3-5-13(9-14)10-18/h2-9,11H,10,18H2,1H3. The van der Waals surface area contributed by atoms with Gasteiger partial charge in [-0.1, -0.05) is 42.0 Å². The van der Waals surface area contributed by atoms with Gasteiger partial charge in [-0.2, -0.15) is 0 Å². The van der Waals surface area contributed by atoms with Crippen LogP contribution in [0.2, 0.25) is 0 Å². The van der Waals surface area contributed by atoms with Gasteiger partial charge in [-0.3, -0.25) is 0 Å². The molecule has 3 aromatic rings. The van der Waals surface area contributed by atoms with Crippen LogP contribution in [0.3, 0.4) is 0 Å². The molecule has 0 fully saturated rings. The zero-order chi connectivity index (χ0) is 13.9. The molecule has 20 heavy (non-hydrogen) atoms. The Morgan fingerprint density at radius 2 is 1.85 bits per heavy atom. The summed E-state index contributed by atoms with van der Waals surface area (Å²) in [5.41, 5.74) is 11.4. The first-order valence-corrected chi connectivity index (χ1v) is 7.46. The van der Waals surface area contributed by atoms with Gasteiger partial charge in [-0.25, -0.2) is 4.98 Å². The van der Waals surface area contributed by atoms with Crippen molar-refractivity contribution in [2.75, 3.05) is 0 Å². The van der Waals surface area contributed by atoms with E-state index >= 15 is 0 Å². The summed E-state index contributed by atoms with van der Waals surface area (Å²) < 4.78 is 0. The second-order valence-electron chi connectivity index (χ2n) is 4.81. The van der Waals surface area contributed by atoms with Gasteiger partial charge in [0.15, 0.2) is 0 Å². The monoisotopic (exact) mass is 280 g/mol. The van der Waals surface area contributed by atoms with Crippen LogP contribution in [-0.4, -0.2) is 4.98 Å². The minimum atomic E-state index is 0.558. The third-order valence-electron chi connectivity index (χ3n) is 3.23. The van der Waals surface area contributed by atoms with Crippen molar-refractivity contribution in [1.29, 1.82) is 0 Å². The van der Waals surface area contributed by atoms with E-state index < -0.39 is 0 Å². The zero-order valence-corrected chi connectivity index (χ0v) is 12.2. The molecule has 1 aromatic heterocycles. The van der Waals surface area contributed by atoms with Gasteiger partial charge in [-0.05, 0) is 24.6 Å². The van der Waals surface area contributed by atoms with E-state index in [-0.39, 0.29) is 0 Å². The van der Waals surface area contributed by atoms with E-state index in [2.05, 4.69) is 48.7 Å². The summed E-state index contributed by atoms with van der Waals surface area (Å²) in [5, 5.41) is 3.16. The van der Waals surface area contributed by atoms with Crippen LogP contribution in [0.15, 0.2) is 53.9 Å². The van der Waals surface area contributed by atoms with Crippen molar-refractivity contribution in [3.63, 3.8) is 0 Å². The normalized spacial score (nSPS) is 10.7. The third kappa shape index (κ3) is 2.64. The molecule has 0 radical (unpaired) electrons. The third-order valence-corrected chi connectivity index (χ3v) is 4.12. The molecule has 0 aliphatic rings. The molecule has 0 saturated carbocycles. The molecule has 1 heterocycles. The van der Waals surface area contributed by atoms with Gasteiger partial charge >= 0.3 is 0 Å². The number of nitrogens with zero attached hydrogens (tertiary/aromatic N) is 1. The second kappa shape index (κ2) is 5.57. The Morgan fingerprint density at radius 3 is 2.65 bits per heavy atom. The van der Waals surface area contributed by atoms with Gasteiger partial charge in [0.25, 0.3) is 0 Å². The van der Waals surface area contributed by atoms with Crippen LogP contribution in [0, 0.1) is 6.92 Å². The van der Waals surface area contributed by atoms with E-state index in [1.54, 1.807) is 11.3 Å². The Hall–Kier alpha value is -1.97. The van der Waals surface area contributed by atoms with Crippen LogP contribution in [0.5, 0.6) is 0 Å². The lowest BCUT2D eigenvalue weighted by Gasteiger charge is -2.00. The Morgan fingerprint density at radius 1 is 1.05 bits per heavy atom. The highest BCUT2D eigenvalue weighted by molar-refractivity contribution is 7.13. The maximum atomic E-state index is 5.69. The number of thiazole rings is 1. The fourth-order valence-electron chi connectivity index (χ4n) is 2.17. The lowest BCUT2D eigenvalue weighted by molar-refractivity contribution is 1.07. The first-order chi connectivity index (χ1) is 9.76. The van der Waals surface area contributed by atoms with Crippen LogP contribution >= 0.6 is 11.3 Å². The number of rotatable bonds is 3. The molecule has 0 spiro atoms. The predicted molar refractivity (Wildman–Crippen MR) is 85.6 cm³/mol. The molecule has 2 N–H and O–H groups in total. The van der Waals surface area contributed by atoms with E-state index in [9.17, 15) is 0 Å². The molecule has 0 unspecified atom stereocenters. The van der Waals surface area contributed by atoms with E-state index in [1.165, 1.54) is 11.1 Å². The van der Waals surface area contributed by atoms with Gasteiger partial charge in [0.05, 0.1) is 5.69 Å². The van der Waals surface area contributed by atoms with Crippen LogP contribution in [0.1, 0.15) is 11.1 Å². The minimum absolute atomic E-state index is 0.558. The quantitative estimate of drug-likeness (QED) is 0.779. The molecule has 3 heteroatoms. The highest BCUT2D eigenvalue weighted by Crippen LogP contribution is 2.29. The number of aryl methyl sites for hydroxylation is 1. The lowest BCUT2D eigenvalue weighted by Crippen LogP contribution is -1.95. The second-order valence-corrected chi connectivity index (χ2v) is 5.67. The van der Waals surface area contributed by atoms with E-state index in [4.69, 9.17) is 10.7 Å². The van der Waals surface area contributed by atoms with Crippen molar-refractivity contribution in [2.24, 2.45) is 5.73 Å². The lowest BCUT2D eigenvalue weighted by atomic mass is 10.1. The molecule has 0 saturated heterocycles. The number of hydrogen-bond acceptors (Lipinski definition) is 3. The van der Waals surface area contributed by atoms with Crippen molar-refractivity contribution in [3.05, 3.63) is 65.0 Å². The first-order valence-electron chi connectivity index (χ1n) is 6.58.